The fraction of sp³-hybridized carbons (Fsp3) is 0.368. The van der Waals surface area contributed by atoms with Gasteiger partial charge < -0.3 is 0 Å². The lowest BCUT2D eigenvalue weighted by molar-refractivity contribution is 0.482. The Bertz CT molecular complexity index is 749. The number of hydrogen-bond acceptors (Lipinski definition) is 2. The van der Waals surface area contributed by atoms with Crippen molar-refractivity contribution in [1.29, 1.82) is 0 Å². The number of nitrogens with zero attached hydrogens (tertiary/aromatic N) is 2. The summed E-state index contributed by atoms with van der Waals surface area (Å²) in [4.78, 5) is 9.73. The van der Waals surface area contributed by atoms with Gasteiger partial charge in [-0.15, -0.1) is 0 Å². The molecule has 0 N–H and O–H groups in total. The average Bonchev–Trinajstić information content (AvgIpc) is 2.49. The van der Waals surface area contributed by atoms with Gasteiger partial charge in [-0.2, -0.15) is 0 Å². The smallest absolute Gasteiger partial charge is 0.0813 e. The predicted molar refractivity (Wildman–Crippen MR) is 97.0 cm³/mol. The van der Waals surface area contributed by atoms with Gasteiger partial charge in [-0.25, -0.2) is 0 Å². The number of rotatable bonds is 2. The number of aliphatic imine (C=N–C) groups is 1. The van der Waals surface area contributed by atoms with Crippen molar-refractivity contribution < 1.29 is 0 Å². The van der Waals surface area contributed by atoms with Gasteiger partial charge in [0.1, 0.15) is 0 Å². The lowest BCUT2D eigenvalue weighted by Crippen LogP contribution is -2.34. The van der Waals surface area contributed by atoms with Crippen LogP contribution in [0.5, 0.6) is 0 Å². The fourth-order valence-electron chi connectivity index (χ4n) is 2.66. The predicted octanol–water partition coefficient (Wildman–Crippen LogP) is 4.23. The Morgan fingerprint density at radius 2 is 1.86 bits per heavy atom. The second-order valence-electron chi connectivity index (χ2n) is 6.56. The summed E-state index contributed by atoms with van der Waals surface area (Å²) in [5.41, 5.74) is 5.80. The van der Waals surface area contributed by atoms with Crippen molar-refractivity contribution in [2.75, 3.05) is 0 Å². The molecule has 1 aliphatic rings. The van der Waals surface area contributed by atoms with Crippen LogP contribution in [0.2, 0.25) is 0 Å². The van der Waals surface area contributed by atoms with Crippen molar-refractivity contribution in [3.63, 3.8) is 0 Å². The molecule has 3 heteroatoms. The summed E-state index contributed by atoms with van der Waals surface area (Å²) in [6.45, 7) is 11.0. The van der Waals surface area contributed by atoms with E-state index < -0.39 is 0 Å². The summed E-state index contributed by atoms with van der Waals surface area (Å²) in [5, 5.41) is 1.39. The Hall–Kier alpha value is -1.53. The maximum absolute atomic E-state index is 5.18. The van der Waals surface area contributed by atoms with Crippen molar-refractivity contribution in [2.24, 2.45) is 10.9 Å². The largest absolute Gasteiger partial charge is 0.273 e. The summed E-state index contributed by atoms with van der Waals surface area (Å²) in [5.74, 6) is 0.508. The van der Waals surface area contributed by atoms with Gasteiger partial charge in [0, 0.05) is 23.0 Å². The van der Waals surface area contributed by atoms with E-state index in [4.69, 9.17) is 4.99 Å². The summed E-state index contributed by atoms with van der Waals surface area (Å²) in [6, 6.07) is 10.9. The lowest BCUT2D eigenvalue weighted by Gasteiger charge is -2.35. The summed E-state index contributed by atoms with van der Waals surface area (Å²) in [7, 11) is 0.715. The minimum absolute atomic E-state index is 0.0253. The van der Waals surface area contributed by atoms with Crippen LogP contribution in [0.25, 0.3) is 0 Å². The zero-order chi connectivity index (χ0) is 15.9. The third kappa shape index (κ3) is 2.61. The van der Waals surface area contributed by atoms with Crippen LogP contribution in [0, 0.1) is 19.8 Å². The molecule has 1 aromatic heterocycles. The number of aromatic nitrogens is 1. The molecule has 0 saturated carbocycles. The third-order valence-corrected chi connectivity index (χ3v) is 6.55. The molecule has 0 spiro atoms. The molecule has 0 amide bonds. The Kier molecular flexibility index (Phi) is 3.91. The first-order valence-corrected chi connectivity index (χ1v) is 8.82. The van der Waals surface area contributed by atoms with E-state index in [0.717, 1.165) is 17.0 Å². The molecule has 0 radical (unpaired) electrons. The number of hydrogen-bond donors (Lipinski definition) is 0. The molecule has 2 aromatic rings. The number of fused-ring (bicyclic) bond motifs is 1. The number of pyridine rings is 1. The normalized spacial score (nSPS) is 21.8. The van der Waals surface area contributed by atoms with Crippen molar-refractivity contribution >= 4 is 19.6 Å². The van der Waals surface area contributed by atoms with Gasteiger partial charge in [-0.1, -0.05) is 46.7 Å². The van der Waals surface area contributed by atoms with Crippen LogP contribution in [0.4, 0.5) is 0 Å². The zero-order valence-corrected chi connectivity index (χ0v) is 14.9. The minimum Gasteiger partial charge on any atom is -0.273 e. The molecule has 1 aromatic carbocycles. The van der Waals surface area contributed by atoms with Crippen LogP contribution < -0.4 is 5.30 Å². The third-order valence-electron chi connectivity index (χ3n) is 4.65. The first-order chi connectivity index (χ1) is 10.4. The molecule has 2 unspecified atom stereocenters. The van der Waals surface area contributed by atoms with Crippen LogP contribution in [-0.2, 0) is 0 Å². The molecule has 0 bridgehead atoms. The maximum Gasteiger partial charge on any atom is 0.0813 e. The molecule has 3 rings (SSSR count). The van der Waals surface area contributed by atoms with Gasteiger partial charge in [0.15, 0.2) is 0 Å². The molecule has 2 nitrogen and oxygen atoms in total. The molecule has 0 saturated heterocycles. The second kappa shape index (κ2) is 5.59. The van der Waals surface area contributed by atoms with E-state index in [9.17, 15) is 0 Å². The molecule has 22 heavy (non-hydrogen) atoms. The van der Waals surface area contributed by atoms with Crippen molar-refractivity contribution in [3.05, 3.63) is 58.9 Å². The number of aryl methyl sites for hydroxylation is 2. The minimum atomic E-state index is -0.0253. The van der Waals surface area contributed by atoms with Gasteiger partial charge in [0.05, 0.1) is 11.0 Å². The van der Waals surface area contributed by atoms with Gasteiger partial charge in [0.2, 0.25) is 0 Å². The zero-order valence-electron chi connectivity index (χ0n) is 13.9. The first kappa shape index (κ1) is 15.4. The first-order valence-electron chi connectivity index (χ1n) is 7.82. The highest BCUT2D eigenvalue weighted by Crippen LogP contribution is 2.43. The van der Waals surface area contributed by atoms with Crippen molar-refractivity contribution in [1.82, 2.24) is 4.98 Å². The monoisotopic (exact) mass is 310 g/mol. The Balaban J connectivity index is 2.20. The topological polar surface area (TPSA) is 25.2 Å². The quantitative estimate of drug-likeness (QED) is 0.762. The molecule has 1 aliphatic heterocycles. The molecular weight excluding hydrogens is 287 g/mol. The molecule has 114 valence electrons. The highest BCUT2D eigenvalue weighted by molar-refractivity contribution is 7.49. The Labute approximate surface area is 134 Å². The van der Waals surface area contributed by atoms with E-state index in [1.165, 1.54) is 16.4 Å². The molecular formula is C19H23N2P. The molecule has 2 heterocycles. The SMILES string of the molecule is Cc1cc(C2=NC(C)(C(C)C)Pc3ccccc32)cnc1C. The number of benzene rings is 1. The fourth-order valence-corrected chi connectivity index (χ4v) is 4.18. The van der Waals surface area contributed by atoms with Gasteiger partial charge in [-0.3, -0.25) is 9.98 Å². The second-order valence-corrected chi connectivity index (χ2v) is 8.36. The van der Waals surface area contributed by atoms with Crippen LogP contribution >= 0.6 is 8.58 Å². The standard InChI is InChI=1S/C19H23N2P/c1-12(2)19(5)21-18(15-10-13(3)14(4)20-11-15)16-8-6-7-9-17(16)22-19/h6-12,22H,1-5H3. The Morgan fingerprint density at radius 1 is 1.14 bits per heavy atom. The van der Waals surface area contributed by atoms with Crippen LogP contribution in [0.15, 0.2) is 41.5 Å². The van der Waals surface area contributed by atoms with E-state index in [1.807, 2.05) is 6.20 Å². The summed E-state index contributed by atoms with van der Waals surface area (Å²) < 4.78 is 0. The highest BCUT2D eigenvalue weighted by atomic mass is 31.1. The van der Waals surface area contributed by atoms with E-state index in [1.54, 1.807) is 0 Å². The van der Waals surface area contributed by atoms with Gasteiger partial charge in [0.25, 0.3) is 0 Å². The molecule has 0 aliphatic carbocycles. The summed E-state index contributed by atoms with van der Waals surface area (Å²) in [6.07, 6.45) is 1.97. The maximum atomic E-state index is 5.18. The summed E-state index contributed by atoms with van der Waals surface area (Å²) >= 11 is 0. The van der Waals surface area contributed by atoms with Gasteiger partial charge in [-0.05, 0) is 43.6 Å². The van der Waals surface area contributed by atoms with Crippen molar-refractivity contribution in [3.8, 4) is 0 Å². The van der Waals surface area contributed by atoms with Crippen LogP contribution in [0.1, 0.15) is 43.2 Å². The van der Waals surface area contributed by atoms with Crippen molar-refractivity contribution in [2.45, 2.75) is 39.9 Å². The van der Waals surface area contributed by atoms with Gasteiger partial charge >= 0.3 is 0 Å². The average molecular weight is 310 g/mol. The van der Waals surface area contributed by atoms with E-state index >= 15 is 0 Å². The lowest BCUT2D eigenvalue weighted by atomic mass is 9.99. The van der Waals surface area contributed by atoms with E-state index in [2.05, 4.69) is 69.9 Å². The van der Waals surface area contributed by atoms with E-state index in [0.29, 0.717) is 14.5 Å². The van der Waals surface area contributed by atoms with Crippen LogP contribution in [-0.4, -0.2) is 16.0 Å². The van der Waals surface area contributed by atoms with E-state index in [-0.39, 0.29) is 5.28 Å². The Morgan fingerprint density at radius 3 is 2.55 bits per heavy atom. The molecule has 0 fully saturated rings. The van der Waals surface area contributed by atoms with Crippen LogP contribution in [0.3, 0.4) is 0 Å². The highest BCUT2D eigenvalue weighted by Gasteiger charge is 2.34. The molecule has 2 atom stereocenters.